The minimum Gasteiger partial charge on any atom is -0.371 e. The lowest BCUT2D eigenvalue weighted by Crippen LogP contribution is -2.22. The predicted octanol–water partition coefficient (Wildman–Crippen LogP) is 3.64. The molecule has 0 radical (unpaired) electrons. The normalized spacial score (nSPS) is 15.9. The molecule has 1 aliphatic carbocycles. The van der Waals surface area contributed by atoms with Gasteiger partial charge in [-0.1, -0.05) is 31.2 Å². The van der Waals surface area contributed by atoms with Gasteiger partial charge in [0.15, 0.2) is 0 Å². The van der Waals surface area contributed by atoms with Crippen molar-refractivity contribution in [1.82, 2.24) is 5.32 Å². The van der Waals surface area contributed by atoms with E-state index in [1.165, 1.54) is 24.0 Å². The van der Waals surface area contributed by atoms with Crippen LogP contribution in [0.1, 0.15) is 51.2 Å². The Morgan fingerprint density at radius 1 is 1.28 bits per heavy atom. The Bertz CT molecular complexity index is 382. The van der Waals surface area contributed by atoms with E-state index in [0.29, 0.717) is 6.61 Å². The zero-order valence-corrected chi connectivity index (χ0v) is 11.8. The number of ether oxygens (including phenoxy) is 1. The van der Waals surface area contributed by atoms with Crippen molar-refractivity contribution in [2.75, 3.05) is 0 Å². The molecule has 100 valence electrons. The van der Waals surface area contributed by atoms with E-state index >= 15 is 0 Å². The summed E-state index contributed by atoms with van der Waals surface area (Å²) in [6.45, 7) is 8.14. The molecule has 2 nitrogen and oxygen atoms in total. The van der Waals surface area contributed by atoms with Gasteiger partial charge in [-0.3, -0.25) is 0 Å². The third-order valence-corrected chi connectivity index (χ3v) is 3.64. The standard InChI is InChI=1S/C16H25NO/c1-4-16(2,3)18-12-14-7-5-6-13(10-14)11-17-15-8-9-15/h5-7,10,15,17H,4,8-9,11-12H2,1-3H3. The SMILES string of the molecule is CCC(C)(C)OCc1cccc(CNC2CC2)c1. The second kappa shape index (κ2) is 5.85. The van der Waals surface area contributed by atoms with Gasteiger partial charge < -0.3 is 10.1 Å². The van der Waals surface area contributed by atoms with Crippen molar-refractivity contribution in [2.24, 2.45) is 0 Å². The predicted molar refractivity (Wildman–Crippen MR) is 75.5 cm³/mol. The minimum absolute atomic E-state index is 0.0255. The summed E-state index contributed by atoms with van der Waals surface area (Å²) < 4.78 is 5.94. The first-order chi connectivity index (χ1) is 8.59. The van der Waals surface area contributed by atoms with Gasteiger partial charge >= 0.3 is 0 Å². The molecular formula is C16H25NO. The summed E-state index contributed by atoms with van der Waals surface area (Å²) in [5.74, 6) is 0. The summed E-state index contributed by atoms with van der Waals surface area (Å²) in [7, 11) is 0. The molecule has 0 aromatic heterocycles. The van der Waals surface area contributed by atoms with Gasteiger partial charge in [0.2, 0.25) is 0 Å². The number of hydrogen-bond donors (Lipinski definition) is 1. The second-order valence-electron chi connectivity index (χ2n) is 5.88. The molecule has 1 saturated carbocycles. The van der Waals surface area contributed by atoms with Gasteiger partial charge in [0.05, 0.1) is 12.2 Å². The highest BCUT2D eigenvalue weighted by molar-refractivity contribution is 5.23. The van der Waals surface area contributed by atoms with Crippen LogP contribution in [0, 0.1) is 0 Å². The molecule has 0 amide bonds. The van der Waals surface area contributed by atoms with E-state index in [1.54, 1.807) is 0 Å². The maximum atomic E-state index is 5.94. The summed E-state index contributed by atoms with van der Waals surface area (Å²) >= 11 is 0. The van der Waals surface area contributed by atoms with Gasteiger partial charge in [0, 0.05) is 12.6 Å². The van der Waals surface area contributed by atoms with Gasteiger partial charge in [-0.05, 0) is 44.2 Å². The average Bonchev–Trinajstić information content (AvgIpc) is 3.19. The van der Waals surface area contributed by atoms with Crippen LogP contribution in [0.3, 0.4) is 0 Å². The lowest BCUT2D eigenvalue weighted by Gasteiger charge is -2.23. The van der Waals surface area contributed by atoms with E-state index in [1.807, 2.05) is 0 Å². The topological polar surface area (TPSA) is 21.3 Å². The molecule has 18 heavy (non-hydrogen) atoms. The van der Waals surface area contributed by atoms with E-state index < -0.39 is 0 Å². The van der Waals surface area contributed by atoms with Gasteiger partial charge in [0.25, 0.3) is 0 Å². The number of hydrogen-bond acceptors (Lipinski definition) is 2. The molecule has 2 heteroatoms. The molecule has 0 unspecified atom stereocenters. The molecule has 0 spiro atoms. The minimum atomic E-state index is -0.0255. The highest BCUT2D eigenvalue weighted by atomic mass is 16.5. The van der Waals surface area contributed by atoms with Crippen LogP contribution in [0.5, 0.6) is 0 Å². The zero-order chi connectivity index (χ0) is 13.0. The molecule has 0 bridgehead atoms. The van der Waals surface area contributed by atoms with E-state index in [0.717, 1.165) is 19.0 Å². The molecule has 1 fully saturated rings. The molecule has 1 N–H and O–H groups in total. The van der Waals surface area contributed by atoms with Crippen molar-refractivity contribution >= 4 is 0 Å². The van der Waals surface area contributed by atoms with Crippen LogP contribution in [0.4, 0.5) is 0 Å². The number of nitrogens with one attached hydrogen (secondary N) is 1. The van der Waals surface area contributed by atoms with Crippen LogP contribution < -0.4 is 5.32 Å². The Morgan fingerprint density at radius 2 is 2.00 bits per heavy atom. The van der Waals surface area contributed by atoms with Crippen LogP contribution in [-0.4, -0.2) is 11.6 Å². The first kappa shape index (κ1) is 13.6. The van der Waals surface area contributed by atoms with Crippen molar-refractivity contribution in [1.29, 1.82) is 0 Å². The Balaban J connectivity index is 1.85. The summed E-state index contributed by atoms with van der Waals surface area (Å²) in [5, 5.41) is 3.54. The quantitative estimate of drug-likeness (QED) is 0.794. The van der Waals surface area contributed by atoms with Gasteiger partial charge in [-0.2, -0.15) is 0 Å². The Morgan fingerprint density at radius 3 is 2.67 bits per heavy atom. The van der Waals surface area contributed by atoms with Crippen molar-refractivity contribution in [3.05, 3.63) is 35.4 Å². The third-order valence-electron chi connectivity index (χ3n) is 3.64. The second-order valence-corrected chi connectivity index (χ2v) is 5.88. The van der Waals surface area contributed by atoms with E-state index in [2.05, 4.69) is 50.4 Å². The number of rotatable bonds is 7. The van der Waals surface area contributed by atoms with Crippen LogP contribution in [0.25, 0.3) is 0 Å². The summed E-state index contributed by atoms with van der Waals surface area (Å²) in [6, 6.07) is 9.47. The van der Waals surface area contributed by atoms with Crippen molar-refractivity contribution in [2.45, 2.75) is 64.8 Å². The largest absolute Gasteiger partial charge is 0.371 e. The van der Waals surface area contributed by atoms with Gasteiger partial charge in [0.1, 0.15) is 0 Å². The van der Waals surface area contributed by atoms with E-state index in [9.17, 15) is 0 Å². The monoisotopic (exact) mass is 247 g/mol. The van der Waals surface area contributed by atoms with Crippen LogP contribution in [0.15, 0.2) is 24.3 Å². The maximum Gasteiger partial charge on any atom is 0.0724 e. The molecule has 0 saturated heterocycles. The molecule has 0 heterocycles. The Labute approximate surface area is 111 Å². The first-order valence-corrected chi connectivity index (χ1v) is 7.04. The van der Waals surface area contributed by atoms with Crippen molar-refractivity contribution in [3.8, 4) is 0 Å². The van der Waals surface area contributed by atoms with Gasteiger partial charge in [-0.25, -0.2) is 0 Å². The van der Waals surface area contributed by atoms with E-state index in [4.69, 9.17) is 4.74 Å². The zero-order valence-electron chi connectivity index (χ0n) is 11.8. The molecular weight excluding hydrogens is 222 g/mol. The van der Waals surface area contributed by atoms with Crippen LogP contribution in [-0.2, 0) is 17.9 Å². The smallest absolute Gasteiger partial charge is 0.0724 e. The molecule has 1 aromatic carbocycles. The van der Waals surface area contributed by atoms with Crippen LogP contribution >= 0.6 is 0 Å². The van der Waals surface area contributed by atoms with E-state index in [-0.39, 0.29) is 5.60 Å². The summed E-state index contributed by atoms with van der Waals surface area (Å²) in [5.41, 5.74) is 2.60. The molecule has 0 atom stereocenters. The lowest BCUT2D eigenvalue weighted by atomic mass is 10.1. The van der Waals surface area contributed by atoms with Crippen molar-refractivity contribution < 1.29 is 4.74 Å². The van der Waals surface area contributed by atoms with Gasteiger partial charge in [-0.15, -0.1) is 0 Å². The fraction of sp³-hybridized carbons (Fsp3) is 0.625. The summed E-state index contributed by atoms with van der Waals surface area (Å²) in [6.07, 6.45) is 3.72. The molecule has 0 aliphatic heterocycles. The molecule has 1 aromatic rings. The van der Waals surface area contributed by atoms with Crippen LogP contribution in [0.2, 0.25) is 0 Å². The highest BCUT2D eigenvalue weighted by Crippen LogP contribution is 2.20. The average molecular weight is 247 g/mol. The summed E-state index contributed by atoms with van der Waals surface area (Å²) in [4.78, 5) is 0. The molecule has 2 rings (SSSR count). The highest BCUT2D eigenvalue weighted by Gasteiger charge is 2.20. The van der Waals surface area contributed by atoms with Crippen molar-refractivity contribution in [3.63, 3.8) is 0 Å². The maximum absolute atomic E-state index is 5.94. The molecule has 1 aliphatic rings. The Hall–Kier alpha value is -0.860. The fourth-order valence-electron chi connectivity index (χ4n) is 1.76. The fourth-order valence-corrected chi connectivity index (χ4v) is 1.76. The lowest BCUT2D eigenvalue weighted by molar-refractivity contribution is -0.0316. The first-order valence-electron chi connectivity index (χ1n) is 7.04. The number of benzene rings is 1. The third kappa shape index (κ3) is 4.43. The Kier molecular flexibility index (Phi) is 4.41.